The molecule has 2 rings (SSSR count). The van der Waals surface area contributed by atoms with E-state index >= 15 is 0 Å². The maximum absolute atomic E-state index is 12.0. The molecule has 1 aromatic heterocycles. The summed E-state index contributed by atoms with van der Waals surface area (Å²) in [7, 11) is 1.65. The Balaban J connectivity index is 0.00000180. The fraction of sp³-hybridized carbons (Fsp3) is 0.500. The van der Waals surface area contributed by atoms with E-state index in [0.29, 0.717) is 10.2 Å². The highest BCUT2D eigenvalue weighted by Crippen LogP contribution is 2.25. The third-order valence-corrected chi connectivity index (χ3v) is 3.82. The van der Waals surface area contributed by atoms with Gasteiger partial charge in [0.2, 0.25) is 5.91 Å². The highest BCUT2D eigenvalue weighted by Gasteiger charge is 2.27. The van der Waals surface area contributed by atoms with E-state index < -0.39 is 0 Å². The molecule has 19 heavy (non-hydrogen) atoms. The molecule has 7 heteroatoms. The number of hydrogen-bond acceptors (Lipinski definition) is 3. The van der Waals surface area contributed by atoms with Crippen LogP contribution in [-0.4, -0.2) is 16.5 Å². The second-order valence-electron chi connectivity index (χ2n) is 4.75. The van der Waals surface area contributed by atoms with E-state index in [2.05, 4.69) is 21.2 Å². The van der Waals surface area contributed by atoms with Crippen molar-refractivity contribution < 1.29 is 4.79 Å². The minimum atomic E-state index is -0.129. The van der Waals surface area contributed by atoms with E-state index in [0.717, 1.165) is 19.3 Å². The lowest BCUT2D eigenvalue weighted by atomic mass is 10.1. The predicted molar refractivity (Wildman–Crippen MR) is 80.6 cm³/mol. The van der Waals surface area contributed by atoms with Crippen LogP contribution in [0.3, 0.4) is 0 Å². The molecule has 2 unspecified atom stereocenters. The summed E-state index contributed by atoms with van der Waals surface area (Å²) in [6, 6.07) is 1.75. The van der Waals surface area contributed by atoms with E-state index in [-0.39, 0.29) is 35.8 Å². The molecular weight excluding hydrogens is 334 g/mol. The number of amides is 1. The fourth-order valence-electron chi connectivity index (χ4n) is 2.24. The molecule has 1 aliphatic carbocycles. The maximum Gasteiger partial charge on any atom is 0.264 e. The van der Waals surface area contributed by atoms with Crippen molar-refractivity contribution in [3.8, 4) is 0 Å². The molecule has 106 valence electrons. The lowest BCUT2D eigenvalue weighted by molar-refractivity contribution is -0.119. The van der Waals surface area contributed by atoms with Crippen LogP contribution in [0.5, 0.6) is 0 Å². The van der Waals surface area contributed by atoms with Gasteiger partial charge in [-0.15, -0.1) is 12.4 Å². The predicted octanol–water partition coefficient (Wildman–Crippen LogP) is 1.64. The Morgan fingerprint density at radius 1 is 1.53 bits per heavy atom. The van der Waals surface area contributed by atoms with Crippen LogP contribution in [0.1, 0.15) is 19.3 Å². The van der Waals surface area contributed by atoms with Crippen LogP contribution in [0.4, 0.5) is 5.69 Å². The van der Waals surface area contributed by atoms with Gasteiger partial charge in [0.15, 0.2) is 0 Å². The zero-order valence-electron chi connectivity index (χ0n) is 10.6. The number of halogens is 2. The van der Waals surface area contributed by atoms with Gasteiger partial charge in [0.1, 0.15) is 0 Å². The van der Waals surface area contributed by atoms with Crippen LogP contribution >= 0.6 is 28.3 Å². The number of nitrogens with two attached hydrogens (primary N) is 1. The fourth-order valence-corrected chi connectivity index (χ4v) is 2.76. The molecule has 1 amide bonds. The number of nitrogens with zero attached hydrogens (tertiary/aromatic N) is 1. The van der Waals surface area contributed by atoms with Crippen LogP contribution < -0.4 is 16.6 Å². The Labute approximate surface area is 126 Å². The van der Waals surface area contributed by atoms with Gasteiger partial charge in [-0.2, -0.15) is 0 Å². The Kier molecular flexibility index (Phi) is 5.58. The highest BCUT2D eigenvalue weighted by molar-refractivity contribution is 9.10. The molecular formula is C12H17BrClN3O2. The lowest BCUT2D eigenvalue weighted by Gasteiger charge is -2.11. The monoisotopic (exact) mass is 349 g/mol. The molecule has 1 aromatic rings. The molecule has 0 bridgehead atoms. The molecule has 1 fully saturated rings. The topological polar surface area (TPSA) is 77.1 Å². The summed E-state index contributed by atoms with van der Waals surface area (Å²) in [6.07, 6.45) is 4.08. The van der Waals surface area contributed by atoms with Gasteiger partial charge in [-0.25, -0.2) is 0 Å². The average molecular weight is 351 g/mol. The second-order valence-corrected chi connectivity index (χ2v) is 5.61. The number of hydrogen-bond donors (Lipinski definition) is 2. The normalized spacial score (nSPS) is 21.8. The van der Waals surface area contributed by atoms with Crippen molar-refractivity contribution in [3.05, 3.63) is 27.1 Å². The highest BCUT2D eigenvalue weighted by atomic mass is 79.9. The molecule has 2 atom stereocenters. The van der Waals surface area contributed by atoms with Crippen LogP contribution in [-0.2, 0) is 11.8 Å². The number of carbonyl (C=O) groups excluding carboxylic acids is 1. The zero-order valence-corrected chi connectivity index (χ0v) is 13.0. The van der Waals surface area contributed by atoms with Crippen molar-refractivity contribution in [1.29, 1.82) is 0 Å². The number of anilines is 1. The zero-order chi connectivity index (χ0) is 13.3. The van der Waals surface area contributed by atoms with Crippen molar-refractivity contribution in [2.24, 2.45) is 18.7 Å². The summed E-state index contributed by atoms with van der Waals surface area (Å²) in [5.74, 6) is -0.0375. The van der Waals surface area contributed by atoms with Gasteiger partial charge in [-0.05, 0) is 41.3 Å². The van der Waals surface area contributed by atoms with Crippen LogP contribution in [0.15, 0.2) is 21.5 Å². The number of pyridine rings is 1. The summed E-state index contributed by atoms with van der Waals surface area (Å²) in [6.45, 7) is 0. The molecule has 3 N–H and O–H groups in total. The summed E-state index contributed by atoms with van der Waals surface area (Å²) in [5, 5.41) is 2.83. The minimum absolute atomic E-state index is 0. The van der Waals surface area contributed by atoms with E-state index in [1.807, 2.05) is 0 Å². The summed E-state index contributed by atoms with van der Waals surface area (Å²) >= 11 is 3.18. The number of aryl methyl sites for hydroxylation is 1. The Morgan fingerprint density at radius 2 is 2.21 bits per heavy atom. The van der Waals surface area contributed by atoms with Crippen molar-refractivity contribution >= 4 is 39.9 Å². The van der Waals surface area contributed by atoms with Crippen molar-refractivity contribution in [2.45, 2.75) is 25.3 Å². The number of nitrogens with one attached hydrogen (secondary N) is 1. The summed E-state index contributed by atoms with van der Waals surface area (Å²) < 4.78 is 1.87. The minimum Gasteiger partial charge on any atom is -0.328 e. The largest absolute Gasteiger partial charge is 0.328 e. The van der Waals surface area contributed by atoms with Crippen molar-refractivity contribution in [2.75, 3.05) is 5.32 Å². The van der Waals surface area contributed by atoms with E-state index in [1.54, 1.807) is 19.3 Å². The molecule has 0 aromatic carbocycles. The first-order valence-electron chi connectivity index (χ1n) is 5.90. The second kappa shape index (κ2) is 6.54. The molecule has 0 aliphatic heterocycles. The van der Waals surface area contributed by atoms with Crippen LogP contribution in [0, 0.1) is 5.92 Å². The number of aromatic nitrogens is 1. The van der Waals surface area contributed by atoms with Gasteiger partial charge in [0.05, 0.1) is 10.2 Å². The first kappa shape index (κ1) is 16.2. The van der Waals surface area contributed by atoms with Gasteiger partial charge in [0.25, 0.3) is 5.56 Å². The van der Waals surface area contributed by atoms with Gasteiger partial charge < -0.3 is 15.6 Å². The van der Waals surface area contributed by atoms with Crippen LogP contribution in [0.2, 0.25) is 0 Å². The number of rotatable bonds is 2. The molecule has 5 nitrogen and oxygen atoms in total. The third kappa shape index (κ3) is 3.81. The number of carbonyl (C=O) groups is 1. The molecule has 0 spiro atoms. The SMILES string of the molecule is Cl.Cn1cc(NC(=O)C2CCC(N)C2)cc(Br)c1=O. The molecule has 1 heterocycles. The van der Waals surface area contributed by atoms with E-state index in [9.17, 15) is 9.59 Å². The standard InChI is InChI=1S/C12H16BrN3O2.ClH/c1-16-6-9(5-10(13)12(16)18)15-11(17)7-2-3-8(14)4-7;/h5-8H,2-4,14H2,1H3,(H,15,17);1H. The van der Waals surface area contributed by atoms with Gasteiger partial charge in [0, 0.05) is 25.2 Å². The van der Waals surface area contributed by atoms with Gasteiger partial charge >= 0.3 is 0 Å². The van der Waals surface area contributed by atoms with Crippen LogP contribution in [0.25, 0.3) is 0 Å². The first-order valence-corrected chi connectivity index (χ1v) is 6.69. The van der Waals surface area contributed by atoms with Crippen molar-refractivity contribution in [1.82, 2.24) is 4.57 Å². The third-order valence-electron chi connectivity index (χ3n) is 3.25. The Bertz CT molecular complexity index is 506. The summed E-state index contributed by atoms with van der Waals surface area (Å²) in [5.41, 5.74) is 6.28. The van der Waals surface area contributed by atoms with Crippen molar-refractivity contribution in [3.63, 3.8) is 0 Å². The van der Waals surface area contributed by atoms with E-state index in [4.69, 9.17) is 5.73 Å². The Morgan fingerprint density at radius 3 is 2.74 bits per heavy atom. The summed E-state index contributed by atoms with van der Waals surface area (Å²) in [4.78, 5) is 23.5. The smallest absolute Gasteiger partial charge is 0.264 e. The maximum atomic E-state index is 12.0. The average Bonchev–Trinajstić information content (AvgIpc) is 2.72. The first-order chi connectivity index (χ1) is 8.47. The van der Waals surface area contributed by atoms with Gasteiger partial charge in [-0.3, -0.25) is 9.59 Å². The molecule has 1 saturated carbocycles. The van der Waals surface area contributed by atoms with E-state index in [1.165, 1.54) is 4.57 Å². The molecule has 0 saturated heterocycles. The molecule has 0 radical (unpaired) electrons. The Hall–Kier alpha value is -0.850. The quantitative estimate of drug-likeness (QED) is 0.851. The lowest BCUT2D eigenvalue weighted by Crippen LogP contribution is -2.24. The van der Waals surface area contributed by atoms with Gasteiger partial charge in [-0.1, -0.05) is 0 Å². The molecule has 1 aliphatic rings.